The van der Waals surface area contributed by atoms with Gasteiger partial charge in [0.15, 0.2) is 4.75 Å². The van der Waals surface area contributed by atoms with Gasteiger partial charge in [0, 0.05) is 0 Å². The van der Waals surface area contributed by atoms with Gasteiger partial charge in [0.25, 0.3) is 8.05 Å². The van der Waals surface area contributed by atoms with Crippen LogP contribution < -0.4 is 0 Å². The molecule has 0 bridgehead atoms. The first-order valence-electron chi connectivity index (χ1n) is 1.43. The first kappa shape index (κ1) is 7.79. The average Bonchev–Trinajstić information content (AvgIpc) is 1.67. The molecule has 0 heterocycles. The summed E-state index contributed by atoms with van der Waals surface area (Å²) in [6.45, 7) is 0. The summed E-state index contributed by atoms with van der Waals surface area (Å²) in [4.78, 5) is 0. The van der Waals surface area contributed by atoms with Crippen molar-refractivity contribution in [3.63, 3.8) is 0 Å². The van der Waals surface area contributed by atoms with E-state index in [1.54, 1.807) is 0 Å². The zero-order chi connectivity index (χ0) is 6.78. The average molecular weight is 145 g/mol. The molecule has 0 amide bonds. The maximum atomic E-state index is 10.9. The Hall–Kier alpha value is -0.205. The molecule has 0 fully saturated rings. The summed E-state index contributed by atoms with van der Waals surface area (Å²) in [5.74, 6) is 0. The maximum absolute atomic E-state index is 10.9. The molecule has 0 saturated heterocycles. The van der Waals surface area contributed by atoms with Gasteiger partial charge in [0.1, 0.15) is 0 Å². The fourth-order valence-corrected chi connectivity index (χ4v) is 0.169. The minimum absolute atomic E-state index is 0.640. The normalized spacial score (nSPS) is 12.4. The van der Waals surface area contributed by atoms with Gasteiger partial charge in [-0.05, 0) is 0 Å². The monoisotopic (exact) mass is 145 g/mol. The van der Waals surface area contributed by atoms with Crippen molar-refractivity contribution in [3.05, 3.63) is 0 Å². The van der Waals surface area contributed by atoms with Crippen LogP contribution in [0.15, 0.2) is 0 Å². The van der Waals surface area contributed by atoms with Crippen LogP contribution in [0.4, 0.5) is 8.96 Å². The van der Waals surface area contributed by atoms with Crippen LogP contribution in [0.2, 0.25) is 0 Å². The predicted molar refractivity (Wildman–Crippen MR) is 22.6 cm³/mol. The molecule has 0 atom stereocenters. The molecule has 0 aromatic rings. The molecular weight excluding hydrogens is 143 g/mol. The SMILES string of the molecule is BOS(=O)(=O)N(F)F. The molecule has 4 nitrogen and oxygen atoms in total. The number of hydrogen-bond acceptors (Lipinski definition) is 3. The number of halogens is 2. The van der Waals surface area contributed by atoms with Gasteiger partial charge >= 0.3 is 10.3 Å². The molecule has 0 saturated carbocycles. The van der Waals surface area contributed by atoms with E-state index >= 15 is 0 Å². The second kappa shape index (κ2) is 2.38. The van der Waals surface area contributed by atoms with Crippen LogP contribution >= 0.6 is 0 Å². The smallest absolute Gasteiger partial charge is 0.328 e. The van der Waals surface area contributed by atoms with Crippen LogP contribution in [-0.2, 0) is 14.4 Å². The summed E-state index contributed by atoms with van der Waals surface area (Å²) in [6, 6.07) is 0. The summed E-state index contributed by atoms with van der Waals surface area (Å²) in [5, 5.41) is 0. The predicted octanol–water partition coefficient (Wildman–Crippen LogP) is -1.13. The van der Waals surface area contributed by atoms with E-state index in [0.717, 1.165) is 0 Å². The standard InChI is InChI=1S/BF2H2NO3S/c1-7-8(5,6)4(2)3/h1H2. The molecule has 0 N–H and O–H groups in total. The molecule has 8 heteroatoms. The highest BCUT2D eigenvalue weighted by molar-refractivity contribution is 7.84. The summed E-state index contributed by atoms with van der Waals surface area (Å²) in [5.41, 5.74) is 0. The van der Waals surface area contributed by atoms with E-state index in [4.69, 9.17) is 0 Å². The summed E-state index contributed by atoms with van der Waals surface area (Å²) >= 11 is 0. The fourth-order valence-electron chi connectivity index (χ4n) is 0.0563. The van der Waals surface area contributed by atoms with Crippen LogP contribution in [0.1, 0.15) is 0 Å². The minimum atomic E-state index is -4.74. The van der Waals surface area contributed by atoms with Crippen molar-refractivity contribution in [2.24, 2.45) is 0 Å². The van der Waals surface area contributed by atoms with Gasteiger partial charge in [-0.1, -0.05) is 8.96 Å². The Balaban J connectivity index is 4.17. The maximum Gasteiger partial charge on any atom is 0.379 e. The molecule has 8 heavy (non-hydrogen) atoms. The van der Waals surface area contributed by atoms with Crippen molar-refractivity contribution in [3.8, 4) is 0 Å². The highest BCUT2D eigenvalue weighted by Gasteiger charge is 2.19. The molecule has 0 aliphatic rings. The Morgan fingerprint density at radius 3 is 1.88 bits per heavy atom. The van der Waals surface area contributed by atoms with E-state index in [9.17, 15) is 17.4 Å². The van der Waals surface area contributed by atoms with E-state index in [1.165, 1.54) is 0 Å². The topological polar surface area (TPSA) is 46.6 Å². The molecule has 0 aliphatic carbocycles. The van der Waals surface area contributed by atoms with Gasteiger partial charge in [0.05, 0.1) is 0 Å². The second-order valence-corrected chi connectivity index (χ2v) is 2.26. The Labute approximate surface area is 45.6 Å². The van der Waals surface area contributed by atoms with Crippen molar-refractivity contribution in [2.75, 3.05) is 0 Å². The summed E-state index contributed by atoms with van der Waals surface area (Å²) in [6.07, 6.45) is 0. The molecule has 0 rings (SSSR count). The third-order valence-corrected chi connectivity index (χ3v) is 1.14. The van der Waals surface area contributed by atoms with Gasteiger partial charge in [-0.25, -0.2) is 0 Å². The van der Waals surface area contributed by atoms with E-state index in [1.807, 2.05) is 0 Å². The van der Waals surface area contributed by atoms with Crippen LogP contribution in [0.5, 0.6) is 0 Å². The van der Waals surface area contributed by atoms with Gasteiger partial charge in [-0.15, -0.1) is 0 Å². The first-order valence-corrected chi connectivity index (χ1v) is 2.79. The lowest BCUT2D eigenvalue weighted by Crippen LogP contribution is -2.15. The van der Waals surface area contributed by atoms with Crippen molar-refractivity contribution >= 4 is 18.4 Å². The zero-order valence-corrected chi connectivity index (χ0v) is 4.65. The van der Waals surface area contributed by atoms with E-state index in [0.29, 0.717) is 8.05 Å². The van der Waals surface area contributed by atoms with Crippen LogP contribution in [0.3, 0.4) is 0 Å². The molecule has 0 radical (unpaired) electrons. The Morgan fingerprint density at radius 1 is 1.50 bits per heavy atom. The van der Waals surface area contributed by atoms with Crippen LogP contribution in [-0.4, -0.2) is 21.2 Å². The summed E-state index contributed by atoms with van der Waals surface area (Å²) < 4.78 is 42.5. The van der Waals surface area contributed by atoms with Crippen molar-refractivity contribution < 1.29 is 21.5 Å². The third-order valence-electron chi connectivity index (χ3n) is 0.380. The number of nitrogens with zero attached hydrogens (tertiary/aromatic N) is 1. The van der Waals surface area contributed by atoms with E-state index in [-0.39, 0.29) is 0 Å². The summed E-state index contributed by atoms with van der Waals surface area (Å²) in [7, 11) is -4.10. The van der Waals surface area contributed by atoms with Crippen LogP contribution in [0, 0.1) is 0 Å². The Kier molecular flexibility index (Phi) is 2.32. The number of hydrogen-bond donors (Lipinski definition) is 0. The fraction of sp³-hybridized carbons (Fsp3) is 0. The largest absolute Gasteiger partial charge is 0.379 e. The molecule has 48 valence electrons. The van der Waals surface area contributed by atoms with Gasteiger partial charge < -0.3 is 4.10 Å². The Bertz CT molecular complexity index is 151. The Morgan fingerprint density at radius 2 is 1.88 bits per heavy atom. The molecular formula is H2BF2NO3S. The third kappa shape index (κ3) is 1.72. The number of rotatable bonds is 2. The van der Waals surface area contributed by atoms with Crippen LogP contribution in [0.25, 0.3) is 0 Å². The second-order valence-electron chi connectivity index (χ2n) is 0.796. The molecule has 0 unspecified atom stereocenters. The lowest BCUT2D eigenvalue weighted by molar-refractivity contribution is -0.0615. The van der Waals surface area contributed by atoms with Crippen molar-refractivity contribution in [2.45, 2.75) is 0 Å². The van der Waals surface area contributed by atoms with E-state index < -0.39 is 15.1 Å². The lowest BCUT2D eigenvalue weighted by Gasteiger charge is -1.96. The zero-order valence-electron chi connectivity index (χ0n) is 3.84. The van der Waals surface area contributed by atoms with E-state index in [2.05, 4.69) is 4.10 Å². The molecule has 0 aromatic heterocycles. The molecule has 0 aliphatic heterocycles. The first-order chi connectivity index (χ1) is 3.50. The van der Waals surface area contributed by atoms with Gasteiger partial charge in [-0.3, -0.25) is 0 Å². The molecule has 0 aromatic carbocycles. The van der Waals surface area contributed by atoms with Crippen molar-refractivity contribution in [1.82, 2.24) is 4.75 Å². The van der Waals surface area contributed by atoms with Gasteiger partial charge in [0.2, 0.25) is 0 Å². The highest BCUT2D eigenvalue weighted by Crippen LogP contribution is 2.00. The minimum Gasteiger partial charge on any atom is -0.328 e. The highest BCUT2D eigenvalue weighted by atomic mass is 32.2. The lowest BCUT2D eigenvalue weighted by atomic mass is 10.6. The molecule has 0 spiro atoms. The van der Waals surface area contributed by atoms with Crippen molar-refractivity contribution in [1.29, 1.82) is 0 Å². The quantitative estimate of drug-likeness (QED) is 0.364. The van der Waals surface area contributed by atoms with Gasteiger partial charge in [-0.2, -0.15) is 8.42 Å².